The van der Waals surface area contributed by atoms with Gasteiger partial charge in [0.15, 0.2) is 0 Å². The number of benzene rings is 1. The van der Waals surface area contributed by atoms with Crippen molar-refractivity contribution in [3.8, 4) is 0 Å². The van der Waals surface area contributed by atoms with Gasteiger partial charge in [0, 0.05) is 10.6 Å². The SMILES string of the molecule is CNS(=O)(=O)c1cc(N)ccc1Sc1cccs1. The van der Waals surface area contributed by atoms with E-state index in [1.807, 2.05) is 17.5 Å². The van der Waals surface area contributed by atoms with Gasteiger partial charge in [-0.05, 0) is 36.7 Å². The molecule has 0 aliphatic carbocycles. The Kier molecular flexibility index (Phi) is 3.96. The smallest absolute Gasteiger partial charge is 0.241 e. The Morgan fingerprint density at radius 3 is 2.72 bits per heavy atom. The number of sulfonamides is 1. The maximum absolute atomic E-state index is 11.9. The van der Waals surface area contributed by atoms with Gasteiger partial charge in [0.05, 0.1) is 9.10 Å². The molecule has 0 saturated carbocycles. The van der Waals surface area contributed by atoms with Crippen LogP contribution in [-0.4, -0.2) is 15.5 Å². The number of rotatable bonds is 4. The largest absolute Gasteiger partial charge is 0.399 e. The fourth-order valence-corrected chi connectivity index (χ4v) is 4.39. The second-order valence-electron chi connectivity index (χ2n) is 3.45. The molecule has 0 bridgehead atoms. The summed E-state index contributed by atoms with van der Waals surface area (Å²) in [5.41, 5.74) is 6.08. The van der Waals surface area contributed by atoms with Crippen molar-refractivity contribution in [3.63, 3.8) is 0 Å². The number of thiophene rings is 1. The minimum Gasteiger partial charge on any atom is -0.399 e. The molecule has 4 nitrogen and oxygen atoms in total. The number of nitrogen functional groups attached to an aromatic ring is 1. The van der Waals surface area contributed by atoms with Crippen molar-refractivity contribution in [1.29, 1.82) is 0 Å². The Morgan fingerprint density at radius 2 is 2.11 bits per heavy atom. The molecule has 0 aliphatic rings. The molecule has 0 fully saturated rings. The second kappa shape index (κ2) is 5.31. The molecule has 96 valence electrons. The molecule has 0 amide bonds. The first-order valence-corrected chi connectivity index (χ1v) is 8.25. The fourth-order valence-electron chi connectivity index (χ4n) is 1.36. The van der Waals surface area contributed by atoms with E-state index >= 15 is 0 Å². The highest BCUT2D eigenvalue weighted by Gasteiger charge is 2.18. The van der Waals surface area contributed by atoms with Crippen LogP contribution >= 0.6 is 23.1 Å². The number of nitrogens with two attached hydrogens (primary N) is 1. The molecule has 0 unspecified atom stereocenters. The molecule has 18 heavy (non-hydrogen) atoms. The van der Waals surface area contributed by atoms with Crippen molar-refractivity contribution in [2.45, 2.75) is 14.0 Å². The average molecular weight is 300 g/mol. The van der Waals surface area contributed by atoms with Gasteiger partial charge in [-0.2, -0.15) is 0 Å². The Morgan fingerprint density at radius 1 is 1.33 bits per heavy atom. The summed E-state index contributed by atoms with van der Waals surface area (Å²) in [4.78, 5) is 0.879. The lowest BCUT2D eigenvalue weighted by Crippen LogP contribution is -2.19. The predicted octanol–water partition coefficient (Wildman–Crippen LogP) is 2.39. The molecular weight excluding hydrogens is 288 g/mol. The molecule has 3 N–H and O–H groups in total. The van der Waals surface area contributed by atoms with Gasteiger partial charge in [-0.3, -0.25) is 0 Å². The van der Waals surface area contributed by atoms with Gasteiger partial charge in [-0.1, -0.05) is 17.8 Å². The zero-order valence-corrected chi connectivity index (χ0v) is 12.0. The van der Waals surface area contributed by atoms with Crippen LogP contribution in [0, 0.1) is 0 Å². The van der Waals surface area contributed by atoms with Crippen LogP contribution in [0.5, 0.6) is 0 Å². The Hall–Kier alpha value is -1.02. The first kappa shape index (κ1) is 13.4. The van der Waals surface area contributed by atoms with E-state index in [0.29, 0.717) is 10.6 Å². The third-order valence-corrected chi connectivity index (χ3v) is 5.93. The maximum Gasteiger partial charge on any atom is 0.241 e. The first-order valence-electron chi connectivity index (χ1n) is 5.07. The number of anilines is 1. The zero-order valence-electron chi connectivity index (χ0n) is 9.58. The van der Waals surface area contributed by atoms with E-state index in [0.717, 1.165) is 4.21 Å². The van der Waals surface area contributed by atoms with E-state index in [-0.39, 0.29) is 4.90 Å². The predicted molar refractivity (Wildman–Crippen MR) is 75.5 cm³/mol. The molecule has 0 saturated heterocycles. The lowest BCUT2D eigenvalue weighted by molar-refractivity contribution is 0.586. The quantitative estimate of drug-likeness (QED) is 0.850. The summed E-state index contributed by atoms with van der Waals surface area (Å²) in [6.45, 7) is 0. The van der Waals surface area contributed by atoms with Gasteiger partial charge in [0.2, 0.25) is 10.0 Å². The molecule has 0 radical (unpaired) electrons. The summed E-state index contributed by atoms with van der Waals surface area (Å²) in [7, 11) is -2.11. The maximum atomic E-state index is 11.9. The van der Waals surface area contributed by atoms with Crippen molar-refractivity contribution in [2.75, 3.05) is 12.8 Å². The summed E-state index contributed by atoms with van der Waals surface area (Å²) in [5.74, 6) is 0. The van der Waals surface area contributed by atoms with E-state index in [9.17, 15) is 8.42 Å². The summed E-state index contributed by atoms with van der Waals surface area (Å²) in [6.07, 6.45) is 0. The van der Waals surface area contributed by atoms with Gasteiger partial charge < -0.3 is 5.73 Å². The van der Waals surface area contributed by atoms with E-state index in [4.69, 9.17) is 5.73 Å². The monoisotopic (exact) mass is 300 g/mol. The Labute approximate surface area is 114 Å². The summed E-state index contributed by atoms with van der Waals surface area (Å²) >= 11 is 2.98. The molecule has 1 heterocycles. The molecule has 0 atom stereocenters. The van der Waals surface area contributed by atoms with E-state index < -0.39 is 10.0 Å². The molecule has 0 aliphatic heterocycles. The van der Waals surface area contributed by atoms with Gasteiger partial charge in [-0.15, -0.1) is 11.3 Å². The summed E-state index contributed by atoms with van der Waals surface area (Å²) < 4.78 is 27.2. The number of hydrogen-bond donors (Lipinski definition) is 2. The highest BCUT2D eigenvalue weighted by atomic mass is 32.2. The van der Waals surface area contributed by atoms with E-state index in [2.05, 4.69) is 4.72 Å². The Balaban J connectivity index is 2.47. The molecule has 1 aromatic heterocycles. The normalized spacial score (nSPS) is 11.6. The zero-order chi connectivity index (χ0) is 13.2. The number of hydrogen-bond acceptors (Lipinski definition) is 5. The van der Waals surface area contributed by atoms with Gasteiger partial charge in [0.25, 0.3) is 0 Å². The van der Waals surface area contributed by atoms with E-state index in [1.54, 1.807) is 23.5 Å². The van der Waals surface area contributed by atoms with E-state index in [1.165, 1.54) is 24.9 Å². The van der Waals surface area contributed by atoms with Crippen LogP contribution in [0.4, 0.5) is 5.69 Å². The van der Waals surface area contributed by atoms with Gasteiger partial charge in [0.1, 0.15) is 0 Å². The number of nitrogens with one attached hydrogen (secondary N) is 1. The Bertz CT molecular complexity index is 636. The first-order chi connectivity index (χ1) is 8.53. The summed E-state index contributed by atoms with van der Waals surface area (Å²) in [5, 5.41) is 1.95. The van der Waals surface area contributed by atoms with Crippen LogP contribution in [0.1, 0.15) is 0 Å². The van der Waals surface area contributed by atoms with Crippen molar-refractivity contribution in [1.82, 2.24) is 4.72 Å². The highest BCUT2D eigenvalue weighted by molar-refractivity contribution is 8.01. The standard InChI is InChI=1S/C11H12N2O2S3/c1-13-18(14,15)10-7-8(12)4-5-9(10)17-11-3-2-6-16-11/h2-7,13H,12H2,1H3. The summed E-state index contributed by atoms with van der Waals surface area (Å²) in [6, 6.07) is 8.77. The van der Waals surface area contributed by atoms with Crippen LogP contribution in [0.25, 0.3) is 0 Å². The van der Waals surface area contributed by atoms with Crippen molar-refractivity contribution >= 4 is 38.8 Å². The molecule has 2 rings (SSSR count). The fraction of sp³-hybridized carbons (Fsp3) is 0.0909. The van der Waals surface area contributed by atoms with Crippen LogP contribution in [0.2, 0.25) is 0 Å². The lowest BCUT2D eigenvalue weighted by atomic mass is 10.3. The van der Waals surface area contributed by atoms with Crippen molar-refractivity contribution in [2.24, 2.45) is 0 Å². The minimum atomic E-state index is -3.50. The average Bonchev–Trinajstić information content (AvgIpc) is 2.84. The third-order valence-electron chi connectivity index (χ3n) is 2.23. The van der Waals surface area contributed by atoms with Crippen LogP contribution in [0.3, 0.4) is 0 Å². The third kappa shape index (κ3) is 2.86. The van der Waals surface area contributed by atoms with Crippen molar-refractivity contribution < 1.29 is 8.42 Å². The van der Waals surface area contributed by atoms with Crippen LogP contribution in [0.15, 0.2) is 49.7 Å². The molecule has 7 heteroatoms. The van der Waals surface area contributed by atoms with Crippen molar-refractivity contribution in [3.05, 3.63) is 35.7 Å². The molecule has 2 aromatic rings. The molecular formula is C11H12N2O2S3. The highest BCUT2D eigenvalue weighted by Crippen LogP contribution is 2.36. The minimum absolute atomic E-state index is 0.211. The topological polar surface area (TPSA) is 72.2 Å². The van der Waals surface area contributed by atoms with Gasteiger partial charge >= 0.3 is 0 Å². The van der Waals surface area contributed by atoms with Crippen LogP contribution < -0.4 is 10.5 Å². The van der Waals surface area contributed by atoms with Gasteiger partial charge in [-0.25, -0.2) is 13.1 Å². The second-order valence-corrected chi connectivity index (χ2v) is 7.59. The molecule has 0 spiro atoms. The molecule has 1 aromatic carbocycles. The lowest BCUT2D eigenvalue weighted by Gasteiger charge is -2.09. The van der Waals surface area contributed by atoms with Crippen LogP contribution in [-0.2, 0) is 10.0 Å².